The second kappa shape index (κ2) is 4.26. The Morgan fingerprint density at radius 2 is 1.81 bits per heavy atom. The van der Waals surface area contributed by atoms with Crippen molar-refractivity contribution < 1.29 is 9.47 Å². The normalized spacial score (nSPS) is 10.2. The van der Waals surface area contributed by atoms with Crippen LogP contribution in [-0.2, 0) is 7.05 Å². The van der Waals surface area contributed by atoms with Crippen molar-refractivity contribution in [3.8, 4) is 22.8 Å². The summed E-state index contributed by atoms with van der Waals surface area (Å²) in [5, 5.41) is 4.30. The number of rotatable bonds is 3. The first-order valence-electron chi connectivity index (χ1n) is 4.89. The average Bonchev–Trinajstić information content (AvgIpc) is 2.74. The minimum Gasteiger partial charge on any atom is -0.496 e. The molecule has 0 unspecified atom stereocenters. The van der Waals surface area contributed by atoms with Gasteiger partial charge in [-0.3, -0.25) is 4.68 Å². The van der Waals surface area contributed by atoms with Gasteiger partial charge in [0.15, 0.2) is 0 Å². The largest absolute Gasteiger partial charge is 0.496 e. The van der Waals surface area contributed by atoms with Crippen molar-refractivity contribution in [3.05, 3.63) is 30.5 Å². The maximum absolute atomic E-state index is 5.31. The zero-order valence-electron chi connectivity index (χ0n) is 9.52. The summed E-state index contributed by atoms with van der Waals surface area (Å²) in [6.07, 6.45) is 2.96. The van der Waals surface area contributed by atoms with E-state index in [0.29, 0.717) is 0 Å². The van der Waals surface area contributed by atoms with Gasteiger partial charge in [0.05, 0.1) is 26.0 Å². The Hall–Kier alpha value is -1.97. The molecule has 2 rings (SSSR count). The van der Waals surface area contributed by atoms with Crippen LogP contribution in [0.4, 0.5) is 0 Å². The molecule has 0 atom stereocenters. The summed E-state index contributed by atoms with van der Waals surface area (Å²) >= 11 is 0. The molecule has 1 radical (unpaired) electrons. The SMILES string of the molecule is COc1cccc(OC)c1-c1c[c]n(C)n1. The van der Waals surface area contributed by atoms with Gasteiger partial charge < -0.3 is 9.47 Å². The smallest absolute Gasteiger partial charge is 0.132 e. The van der Waals surface area contributed by atoms with Gasteiger partial charge in [-0.15, -0.1) is 0 Å². The number of aromatic nitrogens is 2. The van der Waals surface area contributed by atoms with Crippen molar-refractivity contribution in [1.29, 1.82) is 0 Å². The lowest BCUT2D eigenvalue weighted by atomic mass is 10.1. The maximum atomic E-state index is 5.31. The molecule has 0 spiro atoms. The van der Waals surface area contributed by atoms with Crippen LogP contribution in [-0.4, -0.2) is 24.0 Å². The molecule has 0 aliphatic rings. The molecule has 2 aromatic rings. The topological polar surface area (TPSA) is 36.3 Å². The van der Waals surface area contributed by atoms with E-state index in [1.807, 2.05) is 25.2 Å². The van der Waals surface area contributed by atoms with E-state index in [9.17, 15) is 0 Å². The molecule has 1 aromatic heterocycles. The Labute approximate surface area is 94.4 Å². The Morgan fingerprint density at radius 3 is 2.25 bits per heavy atom. The number of aryl methyl sites for hydroxylation is 1. The number of methoxy groups -OCH3 is 2. The van der Waals surface area contributed by atoms with Crippen LogP contribution in [0.25, 0.3) is 11.3 Å². The van der Waals surface area contributed by atoms with E-state index in [4.69, 9.17) is 9.47 Å². The second-order valence-electron chi connectivity index (χ2n) is 3.32. The van der Waals surface area contributed by atoms with Crippen LogP contribution < -0.4 is 9.47 Å². The molecule has 4 nitrogen and oxygen atoms in total. The van der Waals surface area contributed by atoms with Gasteiger partial charge in [-0.2, -0.15) is 5.10 Å². The summed E-state index contributed by atoms with van der Waals surface area (Å²) in [4.78, 5) is 0. The summed E-state index contributed by atoms with van der Waals surface area (Å²) in [5.74, 6) is 1.48. The van der Waals surface area contributed by atoms with E-state index in [-0.39, 0.29) is 0 Å². The molecule has 16 heavy (non-hydrogen) atoms. The summed E-state index contributed by atoms with van der Waals surface area (Å²) in [5.41, 5.74) is 1.64. The first-order chi connectivity index (χ1) is 7.76. The maximum Gasteiger partial charge on any atom is 0.132 e. The van der Waals surface area contributed by atoms with E-state index >= 15 is 0 Å². The molecule has 1 aromatic carbocycles. The van der Waals surface area contributed by atoms with Crippen molar-refractivity contribution in [2.24, 2.45) is 7.05 Å². The Kier molecular flexibility index (Phi) is 2.81. The summed E-state index contributed by atoms with van der Waals surface area (Å²) in [7, 11) is 5.08. The lowest BCUT2D eigenvalue weighted by molar-refractivity contribution is 0.397. The fourth-order valence-corrected chi connectivity index (χ4v) is 1.60. The second-order valence-corrected chi connectivity index (χ2v) is 3.32. The van der Waals surface area contributed by atoms with Crippen molar-refractivity contribution in [2.75, 3.05) is 14.2 Å². The van der Waals surface area contributed by atoms with Gasteiger partial charge >= 0.3 is 0 Å². The average molecular weight is 217 g/mol. The Balaban J connectivity index is 2.60. The first-order valence-corrected chi connectivity index (χ1v) is 4.89. The van der Waals surface area contributed by atoms with Crippen LogP contribution in [0.5, 0.6) is 11.5 Å². The fourth-order valence-electron chi connectivity index (χ4n) is 1.60. The van der Waals surface area contributed by atoms with E-state index in [1.165, 1.54) is 0 Å². The van der Waals surface area contributed by atoms with Gasteiger partial charge in [0, 0.05) is 7.05 Å². The quantitative estimate of drug-likeness (QED) is 0.787. The van der Waals surface area contributed by atoms with Crippen LogP contribution in [0, 0.1) is 6.20 Å². The standard InChI is InChI=1S/C12H13N2O2/c1-14-8-7-9(13-14)12-10(15-2)5-4-6-11(12)16-3/h4-7H,1-3H3. The Morgan fingerprint density at radius 1 is 1.19 bits per heavy atom. The van der Waals surface area contributed by atoms with E-state index in [0.717, 1.165) is 22.8 Å². The number of hydrogen-bond acceptors (Lipinski definition) is 3. The predicted molar refractivity (Wildman–Crippen MR) is 60.6 cm³/mol. The summed E-state index contributed by atoms with van der Waals surface area (Å²) < 4.78 is 12.2. The molecule has 1 heterocycles. The number of hydrogen-bond donors (Lipinski definition) is 0. The van der Waals surface area contributed by atoms with Crippen LogP contribution >= 0.6 is 0 Å². The summed E-state index contributed by atoms with van der Waals surface area (Å²) in [6, 6.07) is 7.45. The van der Waals surface area contributed by atoms with Crippen molar-refractivity contribution in [1.82, 2.24) is 9.78 Å². The van der Waals surface area contributed by atoms with Crippen molar-refractivity contribution >= 4 is 0 Å². The summed E-state index contributed by atoms with van der Waals surface area (Å²) in [6.45, 7) is 0. The first kappa shape index (κ1) is 10.5. The molecule has 0 saturated heterocycles. The van der Waals surface area contributed by atoms with Gasteiger partial charge in [0.2, 0.25) is 0 Å². The van der Waals surface area contributed by atoms with Crippen molar-refractivity contribution in [2.45, 2.75) is 0 Å². The molecule has 0 aliphatic heterocycles. The van der Waals surface area contributed by atoms with Gasteiger partial charge in [0.1, 0.15) is 17.2 Å². The number of benzene rings is 1. The van der Waals surface area contributed by atoms with Gasteiger partial charge in [0.25, 0.3) is 0 Å². The van der Waals surface area contributed by atoms with E-state index in [2.05, 4.69) is 11.3 Å². The van der Waals surface area contributed by atoms with E-state index in [1.54, 1.807) is 25.0 Å². The molecule has 0 bridgehead atoms. The fraction of sp³-hybridized carbons (Fsp3) is 0.250. The van der Waals surface area contributed by atoms with Crippen LogP contribution in [0.15, 0.2) is 24.3 Å². The zero-order chi connectivity index (χ0) is 11.5. The molecule has 83 valence electrons. The van der Waals surface area contributed by atoms with Gasteiger partial charge in [-0.05, 0) is 18.2 Å². The van der Waals surface area contributed by atoms with Crippen molar-refractivity contribution in [3.63, 3.8) is 0 Å². The van der Waals surface area contributed by atoms with Crippen LogP contribution in [0.2, 0.25) is 0 Å². The highest BCUT2D eigenvalue weighted by Gasteiger charge is 2.14. The predicted octanol–water partition coefficient (Wildman–Crippen LogP) is 1.90. The third-order valence-electron chi connectivity index (χ3n) is 2.33. The molecule has 0 saturated carbocycles. The number of nitrogens with zero attached hydrogens (tertiary/aromatic N) is 2. The Bertz CT molecular complexity index is 469. The minimum atomic E-state index is 0.742. The third-order valence-corrected chi connectivity index (χ3v) is 2.33. The highest BCUT2D eigenvalue weighted by molar-refractivity contribution is 5.73. The molecule has 0 fully saturated rings. The molecule has 0 N–H and O–H groups in total. The van der Waals surface area contributed by atoms with Gasteiger partial charge in [-0.1, -0.05) is 6.07 Å². The monoisotopic (exact) mass is 217 g/mol. The number of ether oxygens (including phenoxy) is 2. The highest BCUT2D eigenvalue weighted by Crippen LogP contribution is 2.36. The lowest BCUT2D eigenvalue weighted by Crippen LogP contribution is -1.94. The van der Waals surface area contributed by atoms with Gasteiger partial charge in [-0.25, -0.2) is 0 Å². The molecule has 4 heteroatoms. The minimum absolute atomic E-state index is 0.742. The van der Waals surface area contributed by atoms with Crippen LogP contribution in [0.3, 0.4) is 0 Å². The van der Waals surface area contributed by atoms with Crippen LogP contribution in [0.1, 0.15) is 0 Å². The molecular formula is C12H13N2O2. The molecule has 0 aliphatic carbocycles. The lowest BCUT2D eigenvalue weighted by Gasteiger charge is -2.10. The van der Waals surface area contributed by atoms with E-state index < -0.39 is 0 Å². The highest BCUT2D eigenvalue weighted by atomic mass is 16.5. The zero-order valence-corrected chi connectivity index (χ0v) is 9.52. The molecular weight excluding hydrogens is 204 g/mol. The molecule has 0 amide bonds. The third kappa shape index (κ3) is 1.74.